The van der Waals surface area contributed by atoms with Crippen molar-refractivity contribution in [3.8, 4) is 0 Å². The number of H-pyrrole nitrogens is 2. The second-order valence-electron chi connectivity index (χ2n) is 9.14. The van der Waals surface area contributed by atoms with E-state index >= 15 is 0 Å². The molecule has 0 radical (unpaired) electrons. The van der Waals surface area contributed by atoms with Crippen molar-refractivity contribution >= 4 is 40.6 Å². The van der Waals surface area contributed by atoms with Gasteiger partial charge in [-0.25, -0.2) is 9.78 Å². The Morgan fingerprint density at radius 2 is 1.80 bits per heavy atom. The second kappa shape index (κ2) is 14.3. The number of imidazole rings is 1. The van der Waals surface area contributed by atoms with Crippen molar-refractivity contribution in [1.82, 2.24) is 30.9 Å². The molecule has 3 aromatic rings. The van der Waals surface area contributed by atoms with Crippen LogP contribution in [0.4, 0.5) is 0 Å². The number of guanidine groups is 1. The van der Waals surface area contributed by atoms with E-state index in [0.717, 1.165) is 16.5 Å². The number of carbonyl (C=O) groups excluding carboxylic acids is 3. The summed E-state index contributed by atoms with van der Waals surface area (Å²) in [6, 6.07) is 4.39. The van der Waals surface area contributed by atoms with Gasteiger partial charge in [0.2, 0.25) is 17.7 Å². The molecule has 0 spiro atoms. The summed E-state index contributed by atoms with van der Waals surface area (Å²) in [7, 11) is 0. The summed E-state index contributed by atoms with van der Waals surface area (Å²) in [6.45, 7) is -0.302. The van der Waals surface area contributed by atoms with Gasteiger partial charge in [-0.2, -0.15) is 0 Å². The molecule has 3 atom stereocenters. The van der Waals surface area contributed by atoms with Crippen molar-refractivity contribution in [1.29, 1.82) is 0 Å². The lowest BCUT2D eigenvalue weighted by Crippen LogP contribution is -2.54. The molecular weight excluding hydrogens is 520 g/mol. The van der Waals surface area contributed by atoms with Crippen LogP contribution in [0.1, 0.15) is 24.1 Å². The van der Waals surface area contributed by atoms with Crippen LogP contribution >= 0.6 is 0 Å². The third-order valence-corrected chi connectivity index (χ3v) is 6.07. The monoisotopic (exact) mass is 554 g/mol. The Morgan fingerprint density at radius 3 is 2.50 bits per heavy atom. The Bertz CT molecular complexity index is 1330. The van der Waals surface area contributed by atoms with Gasteiger partial charge in [0.1, 0.15) is 12.1 Å². The molecule has 15 heteroatoms. The first kappa shape index (κ1) is 29.6. The number of fused-ring (bicyclic) bond motifs is 1. The molecule has 0 aliphatic rings. The molecule has 214 valence electrons. The van der Waals surface area contributed by atoms with Crippen molar-refractivity contribution in [2.24, 2.45) is 22.2 Å². The SMILES string of the molecule is NC(N)=NCCCC(NC(=O)CNC(=O)C(Cc1cnc[nH]1)NC(=O)C(N)Cc1c[nH]c2ccccc12)C(=O)O. The summed E-state index contributed by atoms with van der Waals surface area (Å²) in [6.07, 6.45) is 5.41. The van der Waals surface area contributed by atoms with Crippen LogP contribution in [0, 0.1) is 0 Å². The molecule has 40 heavy (non-hydrogen) atoms. The zero-order valence-corrected chi connectivity index (χ0v) is 21.7. The van der Waals surface area contributed by atoms with E-state index in [2.05, 4.69) is 35.9 Å². The van der Waals surface area contributed by atoms with Gasteiger partial charge in [-0.1, -0.05) is 18.2 Å². The first-order chi connectivity index (χ1) is 19.1. The fraction of sp³-hybridized carbons (Fsp3) is 0.360. The largest absolute Gasteiger partial charge is 0.480 e. The van der Waals surface area contributed by atoms with Crippen molar-refractivity contribution in [3.63, 3.8) is 0 Å². The lowest BCUT2D eigenvalue weighted by Gasteiger charge is -2.21. The number of para-hydroxylation sites is 1. The fourth-order valence-corrected chi connectivity index (χ4v) is 4.03. The number of nitrogens with zero attached hydrogens (tertiary/aromatic N) is 2. The highest BCUT2D eigenvalue weighted by molar-refractivity contribution is 5.93. The number of aliphatic carboxylic acids is 1. The van der Waals surface area contributed by atoms with Crippen molar-refractivity contribution in [3.05, 3.63) is 54.2 Å². The molecule has 2 heterocycles. The molecule has 15 nitrogen and oxygen atoms in total. The van der Waals surface area contributed by atoms with E-state index in [1.54, 1.807) is 6.20 Å². The van der Waals surface area contributed by atoms with Gasteiger partial charge in [-0.15, -0.1) is 0 Å². The number of aromatic amines is 2. The van der Waals surface area contributed by atoms with Crippen LogP contribution in [0.15, 0.2) is 48.0 Å². The van der Waals surface area contributed by atoms with Crippen LogP contribution in [0.2, 0.25) is 0 Å². The van der Waals surface area contributed by atoms with E-state index in [9.17, 15) is 24.3 Å². The van der Waals surface area contributed by atoms with E-state index in [-0.39, 0.29) is 31.8 Å². The summed E-state index contributed by atoms with van der Waals surface area (Å²) >= 11 is 0. The van der Waals surface area contributed by atoms with Gasteiger partial charge in [-0.3, -0.25) is 19.4 Å². The Balaban J connectivity index is 1.57. The van der Waals surface area contributed by atoms with E-state index in [4.69, 9.17) is 17.2 Å². The number of carboxylic acids is 1. The number of hydrogen-bond acceptors (Lipinski definition) is 7. The predicted octanol–water partition coefficient (Wildman–Crippen LogP) is -1.77. The quantitative estimate of drug-likeness (QED) is 0.0584. The van der Waals surface area contributed by atoms with Crippen molar-refractivity contribution in [2.45, 2.75) is 43.8 Å². The Labute approximate surface area is 229 Å². The zero-order valence-electron chi connectivity index (χ0n) is 21.7. The van der Waals surface area contributed by atoms with Gasteiger partial charge < -0.3 is 48.2 Å². The van der Waals surface area contributed by atoms with E-state index < -0.39 is 48.4 Å². The molecule has 3 unspecified atom stereocenters. The average Bonchev–Trinajstić information content (AvgIpc) is 3.58. The van der Waals surface area contributed by atoms with Crippen LogP contribution in [0.25, 0.3) is 10.9 Å². The fourth-order valence-electron chi connectivity index (χ4n) is 4.03. The zero-order chi connectivity index (χ0) is 29.1. The highest BCUT2D eigenvalue weighted by Crippen LogP contribution is 2.18. The molecule has 0 saturated carbocycles. The molecule has 0 aliphatic heterocycles. The number of amides is 3. The van der Waals surface area contributed by atoms with Gasteiger partial charge in [-0.05, 0) is 30.9 Å². The normalized spacial score (nSPS) is 13.1. The molecule has 12 N–H and O–H groups in total. The Hall–Kier alpha value is -4.92. The molecule has 3 rings (SSSR count). The van der Waals surface area contributed by atoms with Crippen molar-refractivity contribution < 1.29 is 24.3 Å². The van der Waals surface area contributed by atoms with E-state index in [0.29, 0.717) is 12.1 Å². The van der Waals surface area contributed by atoms with Gasteiger partial charge in [0, 0.05) is 42.0 Å². The number of aromatic nitrogens is 3. The summed E-state index contributed by atoms with van der Waals surface area (Å²) in [5.41, 5.74) is 19.0. The summed E-state index contributed by atoms with van der Waals surface area (Å²) in [5, 5.41) is 17.8. The minimum Gasteiger partial charge on any atom is -0.480 e. The van der Waals surface area contributed by atoms with Gasteiger partial charge in [0.05, 0.1) is 18.9 Å². The molecule has 3 amide bonds. The minimum atomic E-state index is -1.24. The maximum atomic E-state index is 13.0. The second-order valence-corrected chi connectivity index (χ2v) is 9.14. The van der Waals surface area contributed by atoms with Crippen LogP contribution < -0.4 is 33.2 Å². The topological polar surface area (TPSA) is 259 Å². The summed E-state index contributed by atoms with van der Waals surface area (Å²) in [4.78, 5) is 63.5. The molecular formula is C25H34N10O5. The highest BCUT2D eigenvalue weighted by atomic mass is 16.4. The first-order valence-corrected chi connectivity index (χ1v) is 12.6. The molecule has 1 aromatic carbocycles. The van der Waals surface area contributed by atoms with Crippen LogP contribution in [-0.4, -0.2) is 80.9 Å². The lowest BCUT2D eigenvalue weighted by atomic mass is 10.0. The molecule has 2 aromatic heterocycles. The summed E-state index contributed by atoms with van der Waals surface area (Å²) < 4.78 is 0. The number of benzene rings is 1. The third-order valence-electron chi connectivity index (χ3n) is 6.07. The lowest BCUT2D eigenvalue weighted by molar-refractivity contribution is -0.142. The van der Waals surface area contributed by atoms with Gasteiger partial charge in [0.25, 0.3) is 0 Å². The summed E-state index contributed by atoms with van der Waals surface area (Å²) in [5.74, 6) is -3.28. The van der Waals surface area contributed by atoms with E-state index in [1.165, 1.54) is 12.5 Å². The number of rotatable bonds is 15. The minimum absolute atomic E-state index is 0.0571. The highest BCUT2D eigenvalue weighted by Gasteiger charge is 2.26. The van der Waals surface area contributed by atoms with Crippen LogP contribution in [0.3, 0.4) is 0 Å². The van der Waals surface area contributed by atoms with Crippen LogP contribution in [-0.2, 0) is 32.0 Å². The van der Waals surface area contributed by atoms with Gasteiger partial charge in [0.15, 0.2) is 5.96 Å². The van der Waals surface area contributed by atoms with Gasteiger partial charge >= 0.3 is 5.97 Å². The maximum absolute atomic E-state index is 13.0. The standard InChI is InChI=1S/C25H34N10O5/c26-17(8-14-10-31-18-5-2-1-4-16(14)18)22(37)35-20(9-15-11-29-13-33-15)23(38)32-12-21(36)34-19(24(39)40)6-3-7-30-25(27)28/h1-2,4-5,10-11,13,17,19-20,31H,3,6-9,12,26H2,(H,29,33)(H,32,38)(H,34,36)(H,35,37)(H,39,40)(H4,27,28,30). The maximum Gasteiger partial charge on any atom is 0.326 e. The Kier molecular flexibility index (Phi) is 10.6. The molecule has 0 fully saturated rings. The first-order valence-electron chi connectivity index (χ1n) is 12.6. The number of carbonyl (C=O) groups is 4. The average molecular weight is 555 g/mol. The molecule has 0 saturated heterocycles. The number of aliphatic imine (C=N–C) groups is 1. The van der Waals surface area contributed by atoms with Crippen LogP contribution in [0.5, 0.6) is 0 Å². The van der Waals surface area contributed by atoms with Crippen molar-refractivity contribution in [2.75, 3.05) is 13.1 Å². The number of nitrogens with one attached hydrogen (secondary N) is 5. The molecule has 0 aliphatic carbocycles. The predicted molar refractivity (Wildman–Crippen MR) is 147 cm³/mol. The van der Waals surface area contributed by atoms with E-state index in [1.807, 2.05) is 24.3 Å². The number of nitrogens with two attached hydrogens (primary N) is 3. The Morgan fingerprint density at radius 1 is 1.02 bits per heavy atom. The molecule has 0 bridgehead atoms. The third kappa shape index (κ3) is 8.83. The number of carboxylic acid groups (broad SMARTS) is 1. The number of hydrogen-bond donors (Lipinski definition) is 9. The smallest absolute Gasteiger partial charge is 0.326 e.